The molecule has 0 saturated heterocycles. The Bertz CT molecular complexity index is 175. The Hall–Kier alpha value is 0.313. The maximum atomic E-state index is 10.3. The third-order valence-corrected chi connectivity index (χ3v) is 3.24. The van der Waals surface area contributed by atoms with E-state index in [0.717, 1.165) is 12.8 Å². The summed E-state index contributed by atoms with van der Waals surface area (Å²) in [4.78, 5) is 10.3. The molecule has 114 valence electrons. The van der Waals surface area contributed by atoms with Crippen molar-refractivity contribution in [1.82, 2.24) is 0 Å². The average molecular weight is 352 g/mol. The Morgan fingerprint density at radius 1 is 0.737 bits per heavy atom. The Balaban J connectivity index is -0.00000128. The molecule has 0 aliphatic heterocycles. The van der Waals surface area contributed by atoms with Crippen molar-refractivity contribution in [3.05, 3.63) is 0 Å². The molecule has 0 radical (unpaired) electrons. The molecule has 0 aromatic carbocycles. The molecule has 0 aliphatic carbocycles. The molecule has 0 unspecified atom stereocenters. The molecule has 3 N–H and O–H groups in total. The molecule has 19 heavy (non-hydrogen) atoms. The zero-order valence-electron chi connectivity index (χ0n) is 12.5. The maximum Gasteiger partial charge on any atom is 0.303 e. The minimum absolute atomic E-state index is 0. The van der Waals surface area contributed by atoms with E-state index in [1.807, 2.05) is 0 Å². The average Bonchev–Trinajstić information content (AvgIpc) is 2.30. The van der Waals surface area contributed by atoms with Crippen LogP contribution in [0.1, 0.15) is 90.4 Å². The molecule has 0 heterocycles. The zero-order chi connectivity index (χ0) is 12.8. The van der Waals surface area contributed by atoms with Crippen LogP contribution in [0.5, 0.6) is 0 Å². The zero-order valence-corrected chi connectivity index (χ0v) is 15.0. The fourth-order valence-electron chi connectivity index (χ4n) is 2.12. The largest absolute Gasteiger partial charge is 0.481 e. The van der Waals surface area contributed by atoms with Gasteiger partial charge in [-0.05, 0) is 6.42 Å². The van der Waals surface area contributed by atoms with Gasteiger partial charge in [0.2, 0.25) is 0 Å². The van der Waals surface area contributed by atoms with Crippen molar-refractivity contribution in [1.29, 1.82) is 0 Å². The van der Waals surface area contributed by atoms with E-state index in [4.69, 9.17) is 5.11 Å². The van der Waals surface area contributed by atoms with Gasteiger partial charge in [0.05, 0.1) is 0 Å². The van der Waals surface area contributed by atoms with Gasteiger partial charge in [0.25, 0.3) is 0 Å². The number of unbranched alkanes of at least 4 members (excludes halogenated alkanes) is 11. The van der Waals surface area contributed by atoms with Gasteiger partial charge in [-0.25, -0.2) is 0 Å². The van der Waals surface area contributed by atoms with Crippen molar-refractivity contribution < 1.29 is 41.6 Å². The fourth-order valence-corrected chi connectivity index (χ4v) is 2.12. The molecular weight excluding hydrogens is 319 g/mol. The molecule has 0 bridgehead atoms. The van der Waals surface area contributed by atoms with Crippen LogP contribution in [0.3, 0.4) is 0 Å². The van der Waals surface area contributed by atoms with Gasteiger partial charge < -0.3 is 10.6 Å². The minimum Gasteiger partial charge on any atom is -0.481 e. The van der Waals surface area contributed by atoms with Crippen molar-refractivity contribution in [2.24, 2.45) is 0 Å². The molecule has 0 atom stereocenters. The normalized spacial score (nSPS) is 9.53. The minimum atomic E-state index is -0.655. The van der Waals surface area contributed by atoms with E-state index >= 15 is 0 Å². The van der Waals surface area contributed by atoms with Gasteiger partial charge in [0.1, 0.15) is 0 Å². The molecular formula is C15H32O3Zr. The number of hydrogen-bond donors (Lipinski definition) is 1. The first-order chi connectivity index (χ1) is 8.27. The first kappa shape index (κ1) is 24.3. The monoisotopic (exact) mass is 350 g/mol. The predicted octanol–water partition coefficient (Wildman–Crippen LogP) is 4.34. The third-order valence-electron chi connectivity index (χ3n) is 3.24. The maximum absolute atomic E-state index is 10.3. The van der Waals surface area contributed by atoms with Crippen LogP contribution in [0, 0.1) is 0 Å². The summed E-state index contributed by atoms with van der Waals surface area (Å²) in [6, 6.07) is 0. The van der Waals surface area contributed by atoms with Gasteiger partial charge in [0.15, 0.2) is 0 Å². The summed E-state index contributed by atoms with van der Waals surface area (Å²) in [5.74, 6) is -0.655. The summed E-state index contributed by atoms with van der Waals surface area (Å²) in [7, 11) is 0. The van der Waals surface area contributed by atoms with Crippen LogP contribution in [0.25, 0.3) is 0 Å². The predicted molar refractivity (Wildman–Crippen MR) is 76.9 cm³/mol. The summed E-state index contributed by atoms with van der Waals surface area (Å²) in [5, 5.41) is 8.47. The molecule has 4 heteroatoms. The van der Waals surface area contributed by atoms with Crippen LogP contribution in [0.4, 0.5) is 0 Å². The molecule has 0 spiro atoms. The van der Waals surface area contributed by atoms with Crippen LogP contribution < -0.4 is 0 Å². The summed E-state index contributed by atoms with van der Waals surface area (Å²) in [6.07, 6.45) is 15.8. The summed E-state index contributed by atoms with van der Waals surface area (Å²) in [6.45, 7) is 2.25. The van der Waals surface area contributed by atoms with Gasteiger partial charge >= 0.3 is 5.97 Å². The van der Waals surface area contributed by atoms with Crippen LogP contribution in [-0.2, 0) is 31.0 Å². The number of carboxylic acids is 1. The molecule has 0 amide bonds. The van der Waals surface area contributed by atoms with E-state index in [-0.39, 0.29) is 31.7 Å². The van der Waals surface area contributed by atoms with Crippen LogP contribution in [-0.4, -0.2) is 16.6 Å². The van der Waals surface area contributed by atoms with Gasteiger partial charge in [-0.1, -0.05) is 77.6 Å². The standard InChI is InChI=1S/C15H30O2.H2O.Zr/c1-2-3-4-5-6-7-8-9-10-11-12-13-14-15(16)17;;/h2-14H2,1H3,(H,16,17);1H2;. The molecule has 0 saturated carbocycles. The topological polar surface area (TPSA) is 68.8 Å². The number of carbonyl (C=O) groups is 1. The first-order valence-electron chi connectivity index (χ1n) is 7.49. The Kier molecular flexibility index (Phi) is 26.4. The number of aliphatic carboxylic acids is 1. The Morgan fingerprint density at radius 3 is 1.37 bits per heavy atom. The molecule has 0 aliphatic rings. The van der Waals surface area contributed by atoms with E-state index < -0.39 is 5.97 Å². The van der Waals surface area contributed by atoms with E-state index in [1.54, 1.807) is 0 Å². The second-order valence-electron chi connectivity index (χ2n) is 5.03. The molecule has 0 rings (SSSR count). The summed E-state index contributed by atoms with van der Waals surface area (Å²) in [5.41, 5.74) is 0. The SMILES string of the molecule is CCCCCCCCCCCCCCC(=O)O.O.[Zr]. The van der Waals surface area contributed by atoms with Crippen LogP contribution >= 0.6 is 0 Å². The van der Waals surface area contributed by atoms with E-state index in [2.05, 4.69) is 6.92 Å². The number of carboxylic acid groups (broad SMARTS) is 1. The second-order valence-corrected chi connectivity index (χ2v) is 5.03. The van der Waals surface area contributed by atoms with Crippen LogP contribution in [0.2, 0.25) is 0 Å². The van der Waals surface area contributed by atoms with E-state index in [0.29, 0.717) is 6.42 Å². The van der Waals surface area contributed by atoms with Gasteiger partial charge in [-0.15, -0.1) is 0 Å². The molecule has 3 nitrogen and oxygen atoms in total. The van der Waals surface area contributed by atoms with Crippen molar-refractivity contribution in [3.63, 3.8) is 0 Å². The quantitative estimate of drug-likeness (QED) is 0.502. The summed E-state index contributed by atoms with van der Waals surface area (Å²) < 4.78 is 0. The fraction of sp³-hybridized carbons (Fsp3) is 0.933. The molecule has 0 fully saturated rings. The Labute approximate surface area is 138 Å². The molecule has 0 aromatic rings. The molecule has 0 aromatic heterocycles. The van der Waals surface area contributed by atoms with E-state index in [1.165, 1.54) is 64.2 Å². The first-order valence-corrected chi connectivity index (χ1v) is 7.49. The third kappa shape index (κ3) is 23.8. The van der Waals surface area contributed by atoms with Crippen molar-refractivity contribution >= 4 is 5.97 Å². The van der Waals surface area contributed by atoms with Crippen molar-refractivity contribution in [2.45, 2.75) is 90.4 Å². The van der Waals surface area contributed by atoms with Crippen molar-refractivity contribution in [3.8, 4) is 0 Å². The van der Waals surface area contributed by atoms with Gasteiger partial charge in [0, 0.05) is 32.6 Å². The van der Waals surface area contributed by atoms with Gasteiger partial charge in [-0.2, -0.15) is 0 Å². The van der Waals surface area contributed by atoms with E-state index in [9.17, 15) is 4.79 Å². The smallest absolute Gasteiger partial charge is 0.303 e. The summed E-state index contributed by atoms with van der Waals surface area (Å²) >= 11 is 0. The van der Waals surface area contributed by atoms with Gasteiger partial charge in [-0.3, -0.25) is 4.79 Å². The Morgan fingerprint density at radius 2 is 1.05 bits per heavy atom. The van der Waals surface area contributed by atoms with Crippen LogP contribution in [0.15, 0.2) is 0 Å². The number of hydrogen-bond acceptors (Lipinski definition) is 1. The van der Waals surface area contributed by atoms with Crippen molar-refractivity contribution in [2.75, 3.05) is 0 Å². The second kappa shape index (κ2) is 20.6. The number of rotatable bonds is 13.